The number of para-hydroxylation sites is 1. The summed E-state index contributed by atoms with van der Waals surface area (Å²) in [5.74, 6) is 0.124. The molecule has 0 N–H and O–H groups in total. The maximum absolute atomic E-state index is 13.0. The highest BCUT2D eigenvalue weighted by Crippen LogP contribution is 2.31. The molecule has 1 unspecified atom stereocenters. The van der Waals surface area contributed by atoms with Crippen LogP contribution in [0, 0.1) is 0 Å². The minimum Gasteiger partial charge on any atom is -0.493 e. The lowest BCUT2D eigenvalue weighted by atomic mass is 10.00. The lowest BCUT2D eigenvalue weighted by Crippen LogP contribution is -2.19. The monoisotopic (exact) mass is 402 g/mol. The highest BCUT2D eigenvalue weighted by Gasteiger charge is 2.25. The molecule has 5 nitrogen and oxygen atoms in total. The van der Waals surface area contributed by atoms with Gasteiger partial charge in [0.15, 0.2) is 17.6 Å². The van der Waals surface area contributed by atoms with Crippen LogP contribution in [-0.4, -0.2) is 26.0 Å². The summed E-state index contributed by atoms with van der Waals surface area (Å²) in [7, 11) is 3.07. The van der Waals surface area contributed by atoms with E-state index in [-0.39, 0.29) is 5.78 Å². The van der Waals surface area contributed by atoms with Crippen LogP contribution in [0.4, 0.5) is 0 Å². The molecule has 3 aromatic carbocycles. The van der Waals surface area contributed by atoms with Crippen molar-refractivity contribution in [3.8, 4) is 11.5 Å². The molecule has 3 aromatic rings. The largest absolute Gasteiger partial charge is 0.493 e. The third-order valence-corrected chi connectivity index (χ3v) is 4.47. The Morgan fingerprint density at radius 1 is 0.800 bits per heavy atom. The molecule has 5 heteroatoms. The van der Waals surface area contributed by atoms with E-state index in [0.29, 0.717) is 28.2 Å². The van der Waals surface area contributed by atoms with Crippen molar-refractivity contribution < 1.29 is 23.8 Å². The molecule has 0 spiro atoms. The smallest absolute Gasteiger partial charge is 0.331 e. The number of ether oxygens (including phenoxy) is 3. The Morgan fingerprint density at radius 3 is 2.10 bits per heavy atom. The molecular formula is C25H22O5. The predicted octanol–water partition coefficient (Wildman–Crippen LogP) is 4.88. The van der Waals surface area contributed by atoms with Gasteiger partial charge in [0.05, 0.1) is 14.2 Å². The SMILES string of the molecule is COc1cccc(/C=C/C(=O)OC(C(=O)c2ccccc2)c2ccccc2)c1OC. The van der Waals surface area contributed by atoms with E-state index < -0.39 is 12.1 Å². The summed E-state index contributed by atoms with van der Waals surface area (Å²) in [5.41, 5.74) is 1.73. The van der Waals surface area contributed by atoms with E-state index in [0.717, 1.165) is 0 Å². The summed E-state index contributed by atoms with van der Waals surface area (Å²) in [6, 6.07) is 23.0. The zero-order chi connectivity index (χ0) is 21.3. The fourth-order valence-corrected chi connectivity index (χ4v) is 3.01. The normalized spacial score (nSPS) is 11.7. The van der Waals surface area contributed by atoms with E-state index in [9.17, 15) is 9.59 Å². The number of Topliss-reactive ketones (excluding diaryl/α,β-unsaturated/α-hetero) is 1. The van der Waals surface area contributed by atoms with Crippen molar-refractivity contribution in [1.29, 1.82) is 0 Å². The van der Waals surface area contributed by atoms with E-state index in [1.54, 1.807) is 79.9 Å². The minimum atomic E-state index is -1.04. The van der Waals surface area contributed by atoms with Gasteiger partial charge in [0.1, 0.15) is 0 Å². The molecule has 0 fully saturated rings. The van der Waals surface area contributed by atoms with E-state index in [1.165, 1.54) is 13.2 Å². The molecule has 30 heavy (non-hydrogen) atoms. The fourth-order valence-electron chi connectivity index (χ4n) is 3.01. The van der Waals surface area contributed by atoms with Crippen molar-refractivity contribution in [1.82, 2.24) is 0 Å². The Labute approximate surface area is 175 Å². The number of carbonyl (C=O) groups excluding carboxylic acids is 2. The van der Waals surface area contributed by atoms with Crippen LogP contribution in [0.1, 0.15) is 27.6 Å². The van der Waals surface area contributed by atoms with Crippen molar-refractivity contribution in [2.75, 3.05) is 14.2 Å². The molecule has 1 atom stereocenters. The molecule has 0 amide bonds. The predicted molar refractivity (Wildman–Crippen MR) is 115 cm³/mol. The van der Waals surface area contributed by atoms with Gasteiger partial charge in [-0.15, -0.1) is 0 Å². The highest BCUT2D eigenvalue weighted by molar-refractivity contribution is 6.01. The highest BCUT2D eigenvalue weighted by atomic mass is 16.5. The molecule has 0 bridgehead atoms. The van der Waals surface area contributed by atoms with Crippen LogP contribution in [0.25, 0.3) is 6.08 Å². The van der Waals surface area contributed by atoms with Gasteiger partial charge in [0, 0.05) is 22.8 Å². The van der Waals surface area contributed by atoms with Crippen LogP contribution in [-0.2, 0) is 9.53 Å². The van der Waals surface area contributed by atoms with Crippen LogP contribution < -0.4 is 9.47 Å². The Morgan fingerprint density at radius 2 is 1.47 bits per heavy atom. The Balaban J connectivity index is 1.84. The number of methoxy groups -OCH3 is 2. The van der Waals surface area contributed by atoms with E-state index in [2.05, 4.69) is 0 Å². The maximum atomic E-state index is 13.0. The van der Waals surface area contributed by atoms with Crippen LogP contribution >= 0.6 is 0 Å². The van der Waals surface area contributed by atoms with Crippen molar-refractivity contribution in [3.05, 3.63) is 102 Å². The average Bonchev–Trinajstić information content (AvgIpc) is 2.81. The topological polar surface area (TPSA) is 61.8 Å². The number of hydrogen-bond acceptors (Lipinski definition) is 5. The van der Waals surface area contributed by atoms with Crippen molar-refractivity contribution in [2.24, 2.45) is 0 Å². The van der Waals surface area contributed by atoms with Gasteiger partial charge in [-0.3, -0.25) is 4.79 Å². The van der Waals surface area contributed by atoms with E-state index in [1.807, 2.05) is 12.1 Å². The molecule has 0 saturated carbocycles. The van der Waals surface area contributed by atoms with Gasteiger partial charge in [-0.25, -0.2) is 4.79 Å². The zero-order valence-corrected chi connectivity index (χ0v) is 16.8. The molecule has 3 rings (SSSR count). The number of hydrogen-bond donors (Lipinski definition) is 0. The third kappa shape index (κ3) is 4.94. The molecule has 0 aliphatic carbocycles. The van der Waals surface area contributed by atoms with Crippen molar-refractivity contribution in [3.63, 3.8) is 0 Å². The first kappa shape index (κ1) is 20.9. The summed E-state index contributed by atoms with van der Waals surface area (Å²) in [6.07, 6.45) is 1.79. The molecule has 0 heterocycles. The molecule has 0 aromatic heterocycles. The molecule has 0 aliphatic heterocycles. The summed E-state index contributed by atoms with van der Waals surface area (Å²) in [6.45, 7) is 0. The summed E-state index contributed by atoms with van der Waals surface area (Å²) >= 11 is 0. The van der Waals surface area contributed by atoms with Crippen LogP contribution in [0.15, 0.2) is 84.9 Å². The van der Waals surface area contributed by atoms with Gasteiger partial charge >= 0.3 is 5.97 Å². The Hall–Kier alpha value is -3.86. The van der Waals surface area contributed by atoms with Crippen LogP contribution in [0.5, 0.6) is 11.5 Å². The lowest BCUT2D eigenvalue weighted by Gasteiger charge is -2.16. The maximum Gasteiger partial charge on any atom is 0.331 e. The number of carbonyl (C=O) groups is 2. The third-order valence-electron chi connectivity index (χ3n) is 4.47. The van der Waals surface area contributed by atoms with Gasteiger partial charge in [-0.1, -0.05) is 72.8 Å². The standard InChI is InChI=1S/C25H22O5/c1-28-21-15-9-14-20(24(21)29-2)16-17-22(26)30-25(19-12-7-4-8-13-19)23(27)18-10-5-3-6-11-18/h3-17,25H,1-2H3/b17-16+. The second kappa shape index (κ2) is 10.1. The van der Waals surface area contributed by atoms with Gasteiger partial charge in [-0.2, -0.15) is 0 Å². The van der Waals surface area contributed by atoms with Gasteiger partial charge in [-0.05, 0) is 12.1 Å². The zero-order valence-electron chi connectivity index (χ0n) is 16.8. The fraction of sp³-hybridized carbons (Fsp3) is 0.120. The van der Waals surface area contributed by atoms with Gasteiger partial charge in [0.2, 0.25) is 5.78 Å². The van der Waals surface area contributed by atoms with Crippen molar-refractivity contribution in [2.45, 2.75) is 6.10 Å². The molecule has 0 aliphatic rings. The second-order valence-electron chi connectivity index (χ2n) is 6.37. The molecule has 152 valence electrons. The van der Waals surface area contributed by atoms with Crippen LogP contribution in [0.3, 0.4) is 0 Å². The molecule has 0 radical (unpaired) electrons. The Bertz CT molecular complexity index is 1030. The first-order valence-corrected chi connectivity index (χ1v) is 9.38. The molecular weight excluding hydrogens is 380 g/mol. The van der Waals surface area contributed by atoms with E-state index >= 15 is 0 Å². The molecule has 0 saturated heterocycles. The summed E-state index contributed by atoms with van der Waals surface area (Å²) in [5, 5.41) is 0. The first-order chi connectivity index (χ1) is 14.6. The second-order valence-corrected chi connectivity index (χ2v) is 6.37. The number of benzene rings is 3. The van der Waals surface area contributed by atoms with Crippen LogP contribution in [0.2, 0.25) is 0 Å². The van der Waals surface area contributed by atoms with Gasteiger partial charge < -0.3 is 14.2 Å². The lowest BCUT2D eigenvalue weighted by molar-refractivity contribution is -0.141. The first-order valence-electron chi connectivity index (χ1n) is 9.38. The number of esters is 1. The number of rotatable bonds is 8. The van der Waals surface area contributed by atoms with Gasteiger partial charge in [0.25, 0.3) is 0 Å². The van der Waals surface area contributed by atoms with E-state index in [4.69, 9.17) is 14.2 Å². The average molecular weight is 402 g/mol. The Kier molecular flexibility index (Phi) is 7.00. The van der Waals surface area contributed by atoms with Crippen molar-refractivity contribution >= 4 is 17.8 Å². The summed E-state index contributed by atoms with van der Waals surface area (Å²) < 4.78 is 16.2. The minimum absolute atomic E-state index is 0.289. The summed E-state index contributed by atoms with van der Waals surface area (Å²) in [4.78, 5) is 25.6. The number of ketones is 1. The quantitative estimate of drug-likeness (QED) is 0.305.